The molecular weight excluding hydrogens is 486 g/mol. The van der Waals surface area contributed by atoms with Crippen molar-refractivity contribution in [1.29, 1.82) is 0 Å². The molecule has 0 unspecified atom stereocenters. The van der Waals surface area contributed by atoms with Gasteiger partial charge in [0.05, 0.1) is 12.2 Å². The number of imide groups is 1. The molecular formula is C29H43N3O6. The summed E-state index contributed by atoms with van der Waals surface area (Å²) in [5, 5.41) is 5.82. The quantitative estimate of drug-likeness (QED) is 0.236. The van der Waals surface area contributed by atoms with Gasteiger partial charge in [-0.3, -0.25) is 24.1 Å². The van der Waals surface area contributed by atoms with E-state index in [2.05, 4.69) is 10.6 Å². The van der Waals surface area contributed by atoms with Crippen LogP contribution in [0.15, 0.2) is 36.4 Å². The van der Waals surface area contributed by atoms with Crippen molar-refractivity contribution >= 4 is 23.6 Å². The molecule has 1 aromatic carbocycles. The number of carbonyl (C=O) groups excluding carboxylic acids is 4. The molecule has 1 aromatic rings. The van der Waals surface area contributed by atoms with E-state index in [9.17, 15) is 19.2 Å². The zero-order valence-electron chi connectivity index (χ0n) is 23.4. The molecule has 9 heteroatoms. The molecule has 0 saturated carbocycles. The number of nitrogens with zero attached hydrogens (tertiary/aromatic N) is 1. The fraction of sp³-hybridized carbons (Fsp3) is 0.586. The third-order valence-corrected chi connectivity index (χ3v) is 6.49. The van der Waals surface area contributed by atoms with Gasteiger partial charge in [0.1, 0.15) is 5.75 Å². The highest BCUT2D eigenvalue weighted by Gasteiger charge is 2.29. The third kappa shape index (κ3) is 11.0. The molecule has 2 rings (SSSR count). The van der Waals surface area contributed by atoms with Crippen molar-refractivity contribution in [3.8, 4) is 5.75 Å². The highest BCUT2D eigenvalue weighted by atomic mass is 16.5. The van der Waals surface area contributed by atoms with Crippen molar-refractivity contribution in [2.45, 2.75) is 72.3 Å². The van der Waals surface area contributed by atoms with Crippen LogP contribution >= 0.6 is 0 Å². The van der Waals surface area contributed by atoms with Crippen molar-refractivity contribution in [3.05, 3.63) is 42.0 Å². The van der Waals surface area contributed by atoms with Gasteiger partial charge in [-0.05, 0) is 58.6 Å². The Kier molecular flexibility index (Phi) is 12.0. The van der Waals surface area contributed by atoms with Gasteiger partial charge in [-0.25, -0.2) is 0 Å². The predicted octanol–water partition coefficient (Wildman–Crippen LogP) is 3.30. The fourth-order valence-corrected chi connectivity index (χ4v) is 3.72. The number of unbranched alkanes of at least 4 members (excludes halogenated alkanes) is 1. The Morgan fingerprint density at radius 1 is 0.868 bits per heavy atom. The zero-order chi connectivity index (χ0) is 28.2. The Morgan fingerprint density at radius 2 is 1.53 bits per heavy atom. The average Bonchev–Trinajstić information content (AvgIpc) is 3.17. The molecule has 0 aliphatic carbocycles. The van der Waals surface area contributed by atoms with E-state index >= 15 is 0 Å². The summed E-state index contributed by atoms with van der Waals surface area (Å²) in [7, 11) is 0. The van der Waals surface area contributed by atoms with Crippen molar-refractivity contribution < 1.29 is 28.7 Å². The summed E-state index contributed by atoms with van der Waals surface area (Å²) in [5.41, 5.74) is 0.146. The molecule has 0 radical (unpaired) electrons. The number of amides is 4. The second-order valence-corrected chi connectivity index (χ2v) is 10.9. The Morgan fingerprint density at radius 3 is 2.18 bits per heavy atom. The molecule has 4 amide bonds. The van der Waals surface area contributed by atoms with Gasteiger partial charge in [0, 0.05) is 50.2 Å². The molecule has 0 spiro atoms. The van der Waals surface area contributed by atoms with Crippen LogP contribution in [0.4, 0.5) is 0 Å². The second kappa shape index (κ2) is 14.7. The van der Waals surface area contributed by atoms with Gasteiger partial charge >= 0.3 is 0 Å². The van der Waals surface area contributed by atoms with Crippen LogP contribution in [0, 0.1) is 12.3 Å². The summed E-state index contributed by atoms with van der Waals surface area (Å²) < 4.78 is 11.7. The average molecular weight is 530 g/mol. The lowest BCUT2D eigenvalue weighted by Crippen LogP contribution is -2.39. The first kappa shape index (κ1) is 31.0. The normalized spacial score (nSPS) is 13.7. The number of rotatable bonds is 17. The van der Waals surface area contributed by atoms with E-state index in [0.29, 0.717) is 39.1 Å². The molecule has 38 heavy (non-hydrogen) atoms. The van der Waals surface area contributed by atoms with Crippen LogP contribution in [0.25, 0.3) is 0 Å². The first-order chi connectivity index (χ1) is 17.9. The number of hydrogen-bond donors (Lipinski definition) is 2. The lowest BCUT2D eigenvalue weighted by Gasteiger charge is -2.29. The van der Waals surface area contributed by atoms with E-state index in [1.54, 1.807) is 0 Å². The van der Waals surface area contributed by atoms with Crippen molar-refractivity contribution in [1.82, 2.24) is 15.5 Å². The van der Waals surface area contributed by atoms with Crippen molar-refractivity contribution in [2.24, 2.45) is 5.41 Å². The number of aryl methyl sites for hydroxylation is 1. The van der Waals surface area contributed by atoms with E-state index in [4.69, 9.17) is 9.47 Å². The minimum absolute atomic E-state index is 0.00390. The maximum Gasteiger partial charge on any atom is 0.253 e. The van der Waals surface area contributed by atoms with Gasteiger partial charge in [-0.2, -0.15) is 0 Å². The molecule has 0 saturated heterocycles. The van der Waals surface area contributed by atoms with Gasteiger partial charge in [-0.1, -0.05) is 31.5 Å². The maximum atomic E-state index is 12.7. The molecule has 210 valence electrons. The van der Waals surface area contributed by atoms with E-state index in [-0.39, 0.29) is 24.8 Å². The number of benzene rings is 1. The van der Waals surface area contributed by atoms with E-state index in [1.807, 2.05) is 58.9 Å². The zero-order valence-corrected chi connectivity index (χ0v) is 23.4. The number of hydrogen-bond acceptors (Lipinski definition) is 6. The molecule has 1 aliphatic heterocycles. The van der Waals surface area contributed by atoms with Crippen LogP contribution in [0.2, 0.25) is 0 Å². The van der Waals surface area contributed by atoms with Gasteiger partial charge in [0.2, 0.25) is 11.8 Å². The summed E-state index contributed by atoms with van der Waals surface area (Å²) in [6, 6.07) is 7.96. The molecule has 0 atom stereocenters. The summed E-state index contributed by atoms with van der Waals surface area (Å²) in [4.78, 5) is 48.8. The second-order valence-electron chi connectivity index (χ2n) is 10.9. The predicted molar refractivity (Wildman–Crippen MR) is 145 cm³/mol. The van der Waals surface area contributed by atoms with Gasteiger partial charge in [-0.15, -0.1) is 0 Å². The Hall–Kier alpha value is -3.20. The summed E-state index contributed by atoms with van der Waals surface area (Å²) >= 11 is 0. The van der Waals surface area contributed by atoms with E-state index < -0.39 is 22.8 Å². The summed E-state index contributed by atoms with van der Waals surface area (Å²) in [6.45, 7) is 11.8. The van der Waals surface area contributed by atoms with Crippen LogP contribution in [-0.2, 0) is 23.9 Å². The standard InChI is InChI=1S/C29H43N3O6/c1-22-8-10-23(11-9-22)37-20-7-6-17-31-27(36)28(2,3)16-21-38-29(4,5)15-18-30-24(33)14-19-32-25(34)12-13-26(32)35/h8-13H,6-7,14-21H2,1-5H3,(H,30,33)(H,31,36). The Labute approximate surface area is 226 Å². The number of carbonyl (C=O) groups is 4. The first-order valence-electron chi connectivity index (χ1n) is 13.3. The molecule has 2 N–H and O–H groups in total. The lowest BCUT2D eigenvalue weighted by atomic mass is 9.88. The third-order valence-electron chi connectivity index (χ3n) is 6.49. The van der Waals surface area contributed by atoms with Crippen LogP contribution in [-0.4, -0.2) is 67.0 Å². The molecule has 0 aromatic heterocycles. The van der Waals surface area contributed by atoms with Crippen LogP contribution < -0.4 is 15.4 Å². The van der Waals surface area contributed by atoms with Crippen LogP contribution in [0.3, 0.4) is 0 Å². The molecule has 1 aliphatic rings. The molecule has 9 nitrogen and oxygen atoms in total. The molecule has 1 heterocycles. The largest absolute Gasteiger partial charge is 0.494 e. The highest BCUT2D eigenvalue weighted by molar-refractivity contribution is 6.13. The van der Waals surface area contributed by atoms with Crippen molar-refractivity contribution in [3.63, 3.8) is 0 Å². The smallest absolute Gasteiger partial charge is 0.253 e. The Balaban J connectivity index is 1.55. The van der Waals surface area contributed by atoms with Gasteiger partial charge in [0.25, 0.3) is 11.8 Å². The number of nitrogens with one attached hydrogen (secondary N) is 2. The van der Waals surface area contributed by atoms with Gasteiger partial charge < -0.3 is 20.1 Å². The van der Waals surface area contributed by atoms with Crippen molar-refractivity contribution in [2.75, 3.05) is 32.8 Å². The van der Waals surface area contributed by atoms with E-state index in [0.717, 1.165) is 23.5 Å². The number of ether oxygens (including phenoxy) is 2. The van der Waals surface area contributed by atoms with Gasteiger partial charge in [0.15, 0.2) is 0 Å². The molecule has 0 fully saturated rings. The molecule has 0 bridgehead atoms. The lowest BCUT2D eigenvalue weighted by molar-refractivity contribution is -0.137. The fourth-order valence-electron chi connectivity index (χ4n) is 3.72. The minimum Gasteiger partial charge on any atom is -0.494 e. The summed E-state index contributed by atoms with van der Waals surface area (Å²) in [5.74, 6) is -0.157. The first-order valence-corrected chi connectivity index (χ1v) is 13.3. The minimum atomic E-state index is -0.567. The SMILES string of the molecule is Cc1ccc(OCCCCNC(=O)C(C)(C)CCOC(C)(C)CCNC(=O)CCN2C(=O)C=CC2=O)cc1. The Bertz CT molecular complexity index is 967. The van der Waals surface area contributed by atoms with Crippen LogP contribution in [0.5, 0.6) is 5.75 Å². The van der Waals surface area contributed by atoms with Crippen LogP contribution in [0.1, 0.15) is 65.4 Å². The summed E-state index contributed by atoms with van der Waals surface area (Å²) in [6.07, 6.45) is 5.31. The highest BCUT2D eigenvalue weighted by Crippen LogP contribution is 2.23. The maximum absolute atomic E-state index is 12.7. The van der Waals surface area contributed by atoms with E-state index in [1.165, 1.54) is 17.7 Å². The topological polar surface area (TPSA) is 114 Å². The monoisotopic (exact) mass is 529 g/mol.